The molecule has 6 heteroatoms. The van der Waals surface area contributed by atoms with Crippen LogP contribution in [0, 0.1) is 0 Å². The van der Waals surface area contributed by atoms with Crippen LogP contribution in [0.5, 0.6) is 0 Å². The Labute approximate surface area is 149 Å². The summed E-state index contributed by atoms with van der Waals surface area (Å²) < 4.78 is 5.61. The van der Waals surface area contributed by atoms with Crippen molar-refractivity contribution in [1.29, 1.82) is 0 Å². The fraction of sp³-hybridized carbons (Fsp3) is 0.632. The lowest BCUT2D eigenvalue weighted by Gasteiger charge is -2.35. The number of hydrogen-bond donors (Lipinski definition) is 0. The zero-order valence-electron chi connectivity index (χ0n) is 15.3. The Morgan fingerprint density at radius 3 is 2.72 bits per heavy atom. The Hall–Kier alpha value is -2.11. The normalized spacial score (nSPS) is 20.9. The van der Waals surface area contributed by atoms with Crippen molar-refractivity contribution in [1.82, 2.24) is 9.88 Å². The molecule has 0 radical (unpaired) electrons. The van der Waals surface area contributed by atoms with Gasteiger partial charge in [0.15, 0.2) is 0 Å². The van der Waals surface area contributed by atoms with Gasteiger partial charge in [-0.2, -0.15) is 0 Å². The van der Waals surface area contributed by atoms with Crippen molar-refractivity contribution < 1.29 is 14.3 Å². The van der Waals surface area contributed by atoms with E-state index in [1.807, 2.05) is 37.8 Å². The topological polar surface area (TPSA) is 62.7 Å². The highest BCUT2D eigenvalue weighted by molar-refractivity contribution is 5.89. The molecule has 2 aliphatic rings. The van der Waals surface area contributed by atoms with E-state index >= 15 is 0 Å². The van der Waals surface area contributed by atoms with E-state index in [9.17, 15) is 9.59 Å². The van der Waals surface area contributed by atoms with E-state index in [4.69, 9.17) is 4.74 Å². The highest BCUT2D eigenvalue weighted by atomic mass is 16.6. The molecule has 0 spiro atoms. The number of nitrogens with zero attached hydrogens (tertiary/aromatic N) is 3. The maximum absolute atomic E-state index is 12.8. The first-order chi connectivity index (χ1) is 11.9. The number of anilines is 1. The molecule has 3 rings (SSSR count). The van der Waals surface area contributed by atoms with Gasteiger partial charge in [-0.1, -0.05) is 6.07 Å². The number of carbonyl (C=O) groups excluding carboxylic acids is 2. The molecule has 1 atom stereocenters. The third-order valence-electron chi connectivity index (χ3n) is 4.59. The van der Waals surface area contributed by atoms with Crippen molar-refractivity contribution >= 4 is 18.3 Å². The Bertz CT molecular complexity index is 637. The second-order valence-corrected chi connectivity index (χ2v) is 7.85. The summed E-state index contributed by atoms with van der Waals surface area (Å²) in [6, 6.07) is 3.96. The van der Waals surface area contributed by atoms with Crippen LogP contribution >= 0.6 is 0 Å². The van der Waals surface area contributed by atoms with Crippen LogP contribution in [-0.2, 0) is 9.53 Å². The van der Waals surface area contributed by atoms with Gasteiger partial charge in [0.1, 0.15) is 11.4 Å². The monoisotopic (exact) mass is 345 g/mol. The minimum Gasteiger partial charge on any atom is -0.443 e. The lowest BCUT2D eigenvalue weighted by Crippen LogP contribution is -2.40. The molecule has 1 aliphatic heterocycles. The molecule has 1 aliphatic carbocycles. The number of pyridine rings is 1. The van der Waals surface area contributed by atoms with E-state index < -0.39 is 5.60 Å². The Morgan fingerprint density at radius 2 is 2.08 bits per heavy atom. The van der Waals surface area contributed by atoms with Gasteiger partial charge in [-0.25, -0.2) is 9.78 Å². The third kappa shape index (κ3) is 4.11. The number of carbonyl (C=O) groups is 2. The molecule has 0 unspecified atom stereocenters. The maximum atomic E-state index is 12.8. The number of amides is 2. The van der Waals surface area contributed by atoms with Crippen molar-refractivity contribution in [2.24, 2.45) is 0 Å². The van der Waals surface area contributed by atoms with E-state index in [-0.39, 0.29) is 18.2 Å². The van der Waals surface area contributed by atoms with E-state index in [0.29, 0.717) is 5.82 Å². The average Bonchev–Trinajstić information content (AvgIpc) is 3.39. The minimum absolute atomic E-state index is 0.0290. The molecule has 2 fully saturated rings. The molecule has 2 amide bonds. The molecule has 0 bridgehead atoms. The van der Waals surface area contributed by atoms with Crippen LogP contribution in [0.2, 0.25) is 0 Å². The average molecular weight is 345 g/mol. The van der Waals surface area contributed by atoms with Crippen molar-refractivity contribution in [2.45, 2.75) is 70.6 Å². The van der Waals surface area contributed by atoms with Gasteiger partial charge >= 0.3 is 6.09 Å². The third-order valence-corrected chi connectivity index (χ3v) is 4.59. The van der Waals surface area contributed by atoms with Crippen molar-refractivity contribution in [3.8, 4) is 0 Å². The molecule has 1 saturated heterocycles. The second kappa shape index (κ2) is 7.02. The number of hydrogen-bond acceptors (Lipinski definition) is 4. The van der Waals surface area contributed by atoms with Crippen LogP contribution in [0.1, 0.15) is 64.5 Å². The fourth-order valence-electron chi connectivity index (χ4n) is 3.34. The van der Waals surface area contributed by atoms with Gasteiger partial charge in [-0.3, -0.25) is 9.69 Å². The molecule has 136 valence electrons. The Kier molecular flexibility index (Phi) is 4.97. The van der Waals surface area contributed by atoms with E-state index in [1.54, 1.807) is 11.1 Å². The second-order valence-electron chi connectivity index (χ2n) is 7.85. The van der Waals surface area contributed by atoms with E-state index in [2.05, 4.69) is 4.98 Å². The molecule has 6 nitrogen and oxygen atoms in total. The van der Waals surface area contributed by atoms with Crippen LogP contribution in [0.4, 0.5) is 10.6 Å². The van der Waals surface area contributed by atoms with Crippen molar-refractivity contribution in [2.75, 3.05) is 11.4 Å². The summed E-state index contributed by atoms with van der Waals surface area (Å²) in [6.45, 7) is 6.35. The summed E-state index contributed by atoms with van der Waals surface area (Å²) in [5.41, 5.74) is 0.380. The van der Waals surface area contributed by atoms with Gasteiger partial charge in [0, 0.05) is 24.3 Å². The molecule has 1 saturated carbocycles. The Balaban J connectivity index is 1.94. The summed E-state index contributed by atoms with van der Waals surface area (Å²) in [4.78, 5) is 32.3. The van der Waals surface area contributed by atoms with Gasteiger partial charge in [-0.05, 0) is 58.9 Å². The van der Waals surface area contributed by atoms with Crippen LogP contribution in [0.25, 0.3) is 0 Å². The zero-order chi connectivity index (χ0) is 18.0. The standard InChI is InChI=1S/C19H27N3O3/c1-19(2,3)25-18(24)22(14-9-10-14)17-15(7-6-11-20-17)16-8-4-5-12-21(16)13-23/h6-7,11,13-14,16H,4-5,8-10,12H2,1-3H3/t16-/m0/s1. The van der Waals surface area contributed by atoms with E-state index in [1.165, 1.54) is 0 Å². The molecule has 0 N–H and O–H groups in total. The van der Waals surface area contributed by atoms with Crippen molar-refractivity contribution in [3.63, 3.8) is 0 Å². The van der Waals surface area contributed by atoms with Gasteiger partial charge in [0.2, 0.25) is 6.41 Å². The molecule has 2 heterocycles. The molecule has 1 aromatic heterocycles. The SMILES string of the molecule is CC(C)(C)OC(=O)N(c1ncccc1[C@@H]1CCCCN1C=O)C1CC1. The fourth-order valence-corrected chi connectivity index (χ4v) is 3.34. The summed E-state index contributed by atoms with van der Waals surface area (Å²) in [5.74, 6) is 0.637. The number of aromatic nitrogens is 1. The zero-order valence-corrected chi connectivity index (χ0v) is 15.3. The van der Waals surface area contributed by atoms with Crippen LogP contribution in [0.15, 0.2) is 18.3 Å². The molecule has 0 aromatic carbocycles. The summed E-state index contributed by atoms with van der Waals surface area (Å²) in [5, 5.41) is 0. The highest BCUT2D eigenvalue weighted by Crippen LogP contribution is 2.39. The summed E-state index contributed by atoms with van der Waals surface area (Å²) in [6.07, 6.45) is 7.15. The molecular formula is C19H27N3O3. The largest absolute Gasteiger partial charge is 0.443 e. The quantitative estimate of drug-likeness (QED) is 0.781. The van der Waals surface area contributed by atoms with Crippen LogP contribution < -0.4 is 4.90 Å². The van der Waals surface area contributed by atoms with Gasteiger partial charge in [-0.15, -0.1) is 0 Å². The summed E-state index contributed by atoms with van der Waals surface area (Å²) in [7, 11) is 0. The van der Waals surface area contributed by atoms with Crippen LogP contribution in [-0.4, -0.2) is 40.6 Å². The Morgan fingerprint density at radius 1 is 1.32 bits per heavy atom. The van der Waals surface area contributed by atoms with E-state index in [0.717, 1.165) is 50.6 Å². The number of ether oxygens (including phenoxy) is 1. The molecule has 25 heavy (non-hydrogen) atoms. The highest BCUT2D eigenvalue weighted by Gasteiger charge is 2.39. The van der Waals surface area contributed by atoms with Crippen molar-refractivity contribution in [3.05, 3.63) is 23.9 Å². The number of rotatable bonds is 4. The lowest BCUT2D eigenvalue weighted by molar-refractivity contribution is -0.121. The first-order valence-corrected chi connectivity index (χ1v) is 9.09. The minimum atomic E-state index is -0.557. The predicted molar refractivity (Wildman–Crippen MR) is 95.3 cm³/mol. The maximum Gasteiger partial charge on any atom is 0.416 e. The molecular weight excluding hydrogens is 318 g/mol. The van der Waals surface area contributed by atoms with Gasteiger partial charge in [0.05, 0.1) is 6.04 Å². The smallest absolute Gasteiger partial charge is 0.416 e. The van der Waals surface area contributed by atoms with Crippen LogP contribution in [0.3, 0.4) is 0 Å². The first kappa shape index (κ1) is 17.7. The van der Waals surface area contributed by atoms with Gasteiger partial charge < -0.3 is 9.64 Å². The summed E-state index contributed by atoms with van der Waals surface area (Å²) >= 11 is 0. The van der Waals surface area contributed by atoms with Gasteiger partial charge in [0.25, 0.3) is 0 Å². The predicted octanol–water partition coefficient (Wildman–Crippen LogP) is 3.67. The lowest BCUT2D eigenvalue weighted by atomic mass is 9.96. The first-order valence-electron chi connectivity index (χ1n) is 9.09. The number of likely N-dealkylation sites (tertiary alicyclic amines) is 1. The number of piperidine rings is 1. The molecule has 1 aromatic rings.